The van der Waals surface area contributed by atoms with Crippen molar-refractivity contribution in [3.05, 3.63) is 42.1 Å². The van der Waals surface area contributed by atoms with Gasteiger partial charge in [-0.1, -0.05) is 86.3 Å². The van der Waals surface area contributed by atoms with Gasteiger partial charge < -0.3 is 0 Å². The molecule has 1 aromatic rings. The molecule has 1 aromatic carbocycles. The molecule has 0 spiro atoms. The second-order valence-corrected chi connectivity index (χ2v) is 6.61. The van der Waals surface area contributed by atoms with E-state index in [0.29, 0.717) is 11.8 Å². The molecule has 0 radical (unpaired) electrons. The van der Waals surface area contributed by atoms with E-state index in [2.05, 4.69) is 54.2 Å². The Morgan fingerprint density at radius 3 is 2.22 bits per heavy atom. The fourth-order valence-electron chi connectivity index (χ4n) is 3.46. The molecule has 124 valence electrons. The summed E-state index contributed by atoms with van der Waals surface area (Å²) < 4.78 is 0. The third-order valence-electron chi connectivity index (χ3n) is 4.77. The zero-order valence-electron chi connectivity index (χ0n) is 14.7. The molecular formula is C21H31N2+. The third-order valence-corrected chi connectivity index (χ3v) is 4.77. The van der Waals surface area contributed by atoms with Crippen molar-refractivity contribution in [1.82, 2.24) is 0 Å². The lowest BCUT2D eigenvalue weighted by atomic mass is 9.79. The summed E-state index contributed by atoms with van der Waals surface area (Å²) >= 11 is 0. The highest BCUT2D eigenvalue weighted by atomic mass is 15.0. The molecule has 0 aromatic heterocycles. The van der Waals surface area contributed by atoms with E-state index in [4.69, 9.17) is 0 Å². The van der Waals surface area contributed by atoms with Crippen LogP contribution < -0.4 is 0 Å². The molecule has 2 nitrogen and oxygen atoms in total. The second-order valence-electron chi connectivity index (χ2n) is 6.61. The summed E-state index contributed by atoms with van der Waals surface area (Å²) in [6.07, 6.45) is 14.8. The first kappa shape index (κ1) is 17.8. The van der Waals surface area contributed by atoms with Crippen LogP contribution in [0, 0.1) is 18.0 Å². The maximum atomic E-state index is 4.55. The monoisotopic (exact) mass is 311 g/mol. The molecule has 2 heteroatoms. The van der Waals surface area contributed by atoms with Gasteiger partial charge in [0, 0.05) is 0 Å². The quantitative estimate of drug-likeness (QED) is 0.360. The molecule has 1 heterocycles. The number of aliphatic imine (C=N–C) groups is 2. The van der Waals surface area contributed by atoms with Gasteiger partial charge in [0.15, 0.2) is 12.4 Å². The van der Waals surface area contributed by atoms with Crippen LogP contribution in [-0.2, 0) is 6.42 Å². The van der Waals surface area contributed by atoms with Crippen LogP contribution in [0.1, 0.15) is 64.4 Å². The Kier molecular flexibility index (Phi) is 7.92. The van der Waals surface area contributed by atoms with E-state index >= 15 is 0 Å². The lowest BCUT2D eigenvalue weighted by molar-refractivity contribution is 0.287. The maximum absolute atomic E-state index is 4.55. The van der Waals surface area contributed by atoms with Crippen molar-refractivity contribution in [2.75, 3.05) is 0 Å². The van der Waals surface area contributed by atoms with E-state index < -0.39 is 0 Å². The van der Waals surface area contributed by atoms with E-state index in [0.717, 1.165) is 12.6 Å². The van der Waals surface area contributed by atoms with Gasteiger partial charge in [-0.05, 0) is 30.7 Å². The first-order chi connectivity index (χ1) is 11.3. The van der Waals surface area contributed by atoms with Crippen LogP contribution in [0.15, 0.2) is 40.3 Å². The predicted octanol–water partition coefficient (Wildman–Crippen LogP) is 5.88. The molecule has 0 amide bonds. The summed E-state index contributed by atoms with van der Waals surface area (Å²) in [4.78, 5) is 9.10. The van der Waals surface area contributed by atoms with Crippen molar-refractivity contribution < 1.29 is 0 Å². The van der Waals surface area contributed by atoms with Crippen LogP contribution in [-0.4, -0.2) is 12.4 Å². The summed E-state index contributed by atoms with van der Waals surface area (Å²) in [5, 5.41) is 0. The Bertz CT molecular complexity index is 466. The molecule has 1 aliphatic heterocycles. The van der Waals surface area contributed by atoms with Crippen LogP contribution in [0.3, 0.4) is 0 Å². The minimum Gasteiger partial charge on any atom is -0.0965 e. The molecule has 0 saturated heterocycles. The largest absolute Gasteiger partial charge is 0.244 e. The van der Waals surface area contributed by atoms with Crippen LogP contribution in [0.4, 0.5) is 0 Å². The van der Waals surface area contributed by atoms with Gasteiger partial charge in [0.2, 0.25) is 6.17 Å². The van der Waals surface area contributed by atoms with Gasteiger partial charge in [0.05, 0.1) is 5.92 Å². The zero-order chi connectivity index (χ0) is 16.3. The third kappa shape index (κ3) is 5.85. The van der Waals surface area contributed by atoms with Gasteiger partial charge in [-0.2, -0.15) is 0 Å². The first-order valence-electron chi connectivity index (χ1n) is 9.32. The molecule has 0 aliphatic carbocycles. The molecule has 1 aliphatic rings. The number of hydrogen-bond donors (Lipinski definition) is 0. The number of hydrogen-bond acceptors (Lipinski definition) is 2. The van der Waals surface area contributed by atoms with Gasteiger partial charge >= 0.3 is 0 Å². The highest BCUT2D eigenvalue weighted by Crippen LogP contribution is 2.36. The number of nitrogens with zero attached hydrogens (tertiary/aromatic N) is 2. The molecule has 2 atom stereocenters. The van der Waals surface area contributed by atoms with Crippen LogP contribution in [0.25, 0.3) is 0 Å². The average molecular weight is 311 g/mol. The van der Waals surface area contributed by atoms with E-state index in [1.165, 1.54) is 50.5 Å². The molecule has 2 unspecified atom stereocenters. The van der Waals surface area contributed by atoms with E-state index in [-0.39, 0.29) is 0 Å². The molecule has 0 saturated carbocycles. The van der Waals surface area contributed by atoms with Crippen molar-refractivity contribution in [2.24, 2.45) is 21.8 Å². The topological polar surface area (TPSA) is 24.7 Å². The summed E-state index contributed by atoms with van der Waals surface area (Å²) in [5.41, 5.74) is 1.45. The summed E-state index contributed by atoms with van der Waals surface area (Å²) in [5.74, 6) is 1.15. The van der Waals surface area contributed by atoms with Gasteiger partial charge in [0.1, 0.15) is 0 Å². The normalized spacial score (nSPS) is 16.0. The van der Waals surface area contributed by atoms with Gasteiger partial charge in [-0.3, -0.25) is 0 Å². The molecule has 0 bridgehead atoms. The predicted molar refractivity (Wildman–Crippen MR) is 101 cm³/mol. The molecule has 23 heavy (non-hydrogen) atoms. The highest BCUT2D eigenvalue weighted by molar-refractivity contribution is 6.18. The summed E-state index contributed by atoms with van der Waals surface area (Å²) in [7, 11) is 0. The summed E-state index contributed by atoms with van der Waals surface area (Å²) in [6.45, 7) is 4.55. The van der Waals surface area contributed by atoms with E-state index in [1.54, 1.807) is 0 Å². The highest BCUT2D eigenvalue weighted by Gasteiger charge is 2.34. The van der Waals surface area contributed by atoms with Crippen molar-refractivity contribution in [1.29, 1.82) is 0 Å². The van der Waals surface area contributed by atoms with Gasteiger partial charge in [-0.15, -0.1) is 0 Å². The van der Waals surface area contributed by atoms with Crippen LogP contribution >= 0.6 is 0 Å². The maximum Gasteiger partial charge on any atom is 0.244 e. The van der Waals surface area contributed by atoms with Gasteiger partial charge in [-0.25, -0.2) is 0 Å². The van der Waals surface area contributed by atoms with E-state index in [9.17, 15) is 0 Å². The lowest BCUT2D eigenvalue weighted by Crippen LogP contribution is -2.22. The van der Waals surface area contributed by atoms with Gasteiger partial charge in [0.25, 0.3) is 0 Å². The Labute approximate surface area is 142 Å². The number of unbranched alkanes of at least 4 members (excludes halogenated alkanes) is 3. The smallest absolute Gasteiger partial charge is 0.0965 e. The van der Waals surface area contributed by atoms with Crippen molar-refractivity contribution >= 4 is 12.4 Å². The Morgan fingerprint density at radius 2 is 1.57 bits per heavy atom. The zero-order valence-corrected chi connectivity index (χ0v) is 14.7. The summed E-state index contributed by atoms with van der Waals surface area (Å²) in [6, 6.07) is 10.9. The average Bonchev–Trinajstić information content (AvgIpc) is 3.10. The van der Waals surface area contributed by atoms with Crippen LogP contribution in [0.5, 0.6) is 0 Å². The number of benzene rings is 1. The van der Waals surface area contributed by atoms with E-state index in [1.807, 2.05) is 12.4 Å². The fourth-order valence-corrected chi connectivity index (χ4v) is 3.46. The lowest BCUT2D eigenvalue weighted by Gasteiger charge is -2.25. The minimum atomic E-state index is 0.502. The standard InChI is InChI=1S/C21H31N2/c1-3-5-8-13-19(17-18-11-9-7-10-12-18)20(14-6-4-2)21-22-15-16-23-21/h7,9-12,15-16,19-20H,3-6,8,13-14,17H2,1-2H3/q+1. The Balaban J connectivity index is 2.09. The molecular weight excluding hydrogens is 280 g/mol. The Hall–Kier alpha value is -1.57. The molecule has 0 N–H and O–H groups in total. The molecule has 0 fully saturated rings. The molecule has 2 rings (SSSR count). The number of rotatable bonds is 11. The fraction of sp³-hybridized carbons (Fsp3) is 0.571. The minimum absolute atomic E-state index is 0.502. The Morgan fingerprint density at radius 1 is 0.870 bits per heavy atom. The first-order valence-corrected chi connectivity index (χ1v) is 9.32. The SMILES string of the molecule is CCCCCC(Cc1ccccc1)C(CCCC)[C+]1N=CC=N1. The second kappa shape index (κ2) is 10.3. The van der Waals surface area contributed by atoms with Crippen molar-refractivity contribution in [3.8, 4) is 0 Å². The van der Waals surface area contributed by atoms with Crippen LogP contribution in [0.2, 0.25) is 0 Å². The van der Waals surface area contributed by atoms with Crippen molar-refractivity contribution in [3.63, 3.8) is 0 Å². The van der Waals surface area contributed by atoms with Crippen molar-refractivity contribution in [2.45, 2.75) is 65.2 Å².